The van der Waals surface area contributed by atoms with E-state index in [1.807, 2.05) is 26.2 Å². The number of hydrazine groups is 1. The minimum atomic E-state index is 0.0236. The molecule has 6 nitrogen and oxygen atoms in total. The molecule has 0 saturated carbocycles. The standard InChI is InChI=1S/C17H25N5O/c1-13-14-6-5-7-15(21(12-23)20(3)4)16(14)19-22(13)17(2)8-10-18-11-9-17/h5-7,12,18H,8-11H2,1-4H3. The third-order valence-electron chi connectivity index (χ3n) is 4.89. The summed E-state index contributed by atoms with van der Waals surface area (Å²) in [4.78, 5) is 11.5. The summed E-state index contributed by atoms with van der Waals surface area (Å²) in [6, 6.07) is 6.01. The number of carbonyl (C=O) groups excluding carboxylic acids is 1. The molecule has 1 aromatic carbocycles. The molecule has 6 heteroatoms. The highest BCUT2D eigenvalue weighted by molar-refractivity contribution is 5.96. The molecular formula is C17H25N5O. The van der Waals surface area contributed by atoms with Gasteiger partial charge in [-0.3, -0.25) is 9.48 Å². The summed E-state index contributed by atoms with van der Waals surface area (Å²) < 4.78 is 2.17. The van der Waals surface area contributed by atoms with Crippen molar-refractivity contribution in [2.75, 3.05) is 32.2 Å². The van der Waals surface area contributed by atoms with Crippen LogP contribution in [0, 0.1) is 6.92 Å². The zero-order chi connectivity index (χ0) is 16.6. The second-order valence-electron chi connectivity index (χ2n) is 6.71. The number of amides is 1. The molecule has 1 aliphatic rings. The number of fused-ring (bicyclic) bond motifs is 1. The SMILES string of the molecule is Cc1c2cccc(N(C=O)N(C)C)c2nn1C1(C)CCNCC1. The quantitative estimate of drug-likeness (QED) is 0.691. The van der Waals surface area contributed by atoms with Crippen LogP contribution < -0.4 is 10.3 Å². The lowest BCUT2D eigenvalue weighted by Gasteiger charge is -2.35. The van der Waals surface area contributed by atoms with Crippen molar-refractivity contribution in [1.29, 1.82) is 0 Å². The van der Waals surface area contributed by atoms with E-state index in [-0.39, 0.29) is 5.54 Å². The molecule has 0 spiro atoms. The Bertz CT molecular complexity index is 715. The van der Waals surface area contributed by atoms with Crippen molar-refractivity contribution >= 4 is 23.0 Å². The van der Waals surface area contributed by atoms with Crippen molar-refractivity contribution in [3.8, 4) is 0 Å². The van der Waals surface area contributed by atoms with Gasteiger partial charge in [-0.25, -0.2) is 10.0 Å². The molecule has 0 aliphatic carbocycles. The maximum atomic E-state index is 11.5. The monoisotopic (exact) mass is 315 g/mol. The molecule has 1 N–H and O–H groups in total. The van der Waals surface area contributed by atoms with Crippen LogP contribution in [0.1, 0.15) is 25.5 Å². The van der Waals surface area contributed by atoms with Crippen LogP contribution in [-0.4, -0.2) is 48.4 Å². The van der Waals surface area contributed by atoms with Crippen LogP contribution in [0.15, 0.2) is 18.2 Å². The van der Waals surface area contributed by atoms with Crippen molar-refractivity contribution in [3.05, 3.63) is 23.9 Å². The van der Waals surface area contributed by atoms with E-state index < -0.39 is 0 Å². The van der Waals surface area contributed by atoms with Gasteiger partial charge < -0.3 is 5.32 Å². The molecule has 1 saturated heterocycles. The van der Waals surface area contributed by atoms with Crippen molar-refractivity contribution in [3.63, 3.8) is 0 Å². The Labute approximate surface area is 137 Å². The van der Waals surface area contributed by atoms with Gasteiger partial charge in [0.25, 0.3) is 0 Å². The molecule has 3 rings (SSSR count). The summed E-state index contributed by atoms with van der Waals surface area (Å²) in [6.07, 6.45) is 2.94. The molecule has 2 aromatic rings. The first-order chi connectivity index (χ1) is 11.0. The molecule has 1 aliphatic heterocycles. The Kier molecular flexibility index (Phi) is 4.12. The Morgan fingerprint density at radius 2 is 2.00 bits per heavy atom. The van der Waals surface area contributed by atoms with Crippen LogP contribution in [0.2, 0.25) is 0 Å². The summed E-state index contributed by atoms with van der Waals surface area (Å²) in [5.74, 6) is 0. The van der Waals surface area contributed by atoms with E-state index in [1.165, 1.54) is 0 Å². The van der Waals surface area contributed by atoms with Gasteiger partial charge in [0.15, 0.2) is 0 Å². The van der Waals surface area contributed by atoms with E-state index in [9.17, 15) is 4.79 Å². The number of anilines is 1. The number of nitrogens with zero attached hydrogens (tertiary/aromatic N) is 4. The summed E-state index contributed by atoms with van der Waals surface area (Å²) in [6.45, 7) is 6.41. The predicted octanol–water partition coefficient (Wildman–Crippen LogP) is 1.88. The molecular weight excluding hydrogens is 290 g/mol. The van der Waals surface area contributed by atoms with Crippen molar-refractivity contribution < 1.29 is 4.79 Å². The Morgan fingerprint density at radius 3 is 2.61 bits per heavy atom. The second kappa shape index (κ2) is 5.94. The number of piperidine rings is 1. The summed E-state index contributed by atoms with van der Waals surface area (Å²) >= 11 is 0. The van der Waals surface area contributed by atoms with Gasteiger partial charge in [-0.15, -0.1) is 0 Å². The number of hydrogen-bond donors (Lipinski definition) is 1. The number of rotatable bonds is 4. The maximum Gasteiger partial charge on any atom is 0.228 e. The number of nitrogens with one attached hydrogen (secondary N) is 1. The fourth-order valence-electron chi connectivity index (χ4n) is 3.47. The molecule has 1 amide bonds. The first kappa shape index (κ1) is 16.0. The largest absolute Gasteiger partial charge is 0.317 e. The second-order valence-corrected chi connectivity index (χ2v) is 6.71. The average molecular weight is 315 g/mol. The average Bonchev–Trinajstić information content (AvgIpc) is 2.87. The Balaban J connectivity index is 2.16. The fourth-order valence-corrected chi connectivity index (χ4v) is 3.47. The van der Waals surface area contributed by atoms with Crippen LogP contribution in [0.4, 0.5) is 5.69 Å². The highest BCUT2D eigenvalue weighted by Crippen LogP contribution is 2.34. The molecule has 0 radical (unpaired) electrons. The van der Waals surface area contributed by atoms with E-state index in [2.05, 4.69) is 29.9 Å². The topological polar surface area (TPSA) is 53.4 Å². The van der Waals surface area contributed by atoms with Gasteiger partial charge in [-0.1, -0.05) is 12.1 Å². The Morgan fingerprint density at radius 1 is 1.30 bits per heavy atom. The molecule has 0 unspecified atom stereocenters. The number of aromatic nitrogens is 2. The van der Waals surface area contributed by atoms with Crippen LogP contribution in [0.3, 0.4) is 0 Å². The van der Waals surface area contributed by atoms with E-state index in [4.69, 9.17) is 5.10 Å². The summed E-state index contributed by atoms with van der Waals surface area (Å²) in [5.41, 5.74) is 2.89. The molecule has 0 bridgehead atoms. The fraction of sp³-hybridized carbons (Fsp3) is 0.529. The van der Waals surface area contributed by atoms with Crippen molar-refractivity contribution in [2.24, 2.45) is 0 Å². The maximum absolute atomic E-state index is 11.5. The zero-order valence-corrected chi connectivity index (χ0v) is 14.3. The molecule has 2 heterocycles. The highest BCUT2D eigenvalue weighted by atomic mass is 16.1. The van der Waals surface area contributed by atoms with Gasteiger partial charge in [-0.2, -0.15) is 5.10 Å². The molecule has 1 fully saturated rings. The molecule has 23 heavy (non-hydrogen) atoms. The first-order valence-corrected chi connectivity index (χ1v) is 8.09. The van der Waals surface area contributed by atoms with E-state index >= 15 is 0 Å². The lowest BCUT2D eigenvalue weighted by molar-refractivity contribution is -0.109. The molecule has 0 atom stereocenters. The van der Waals surface area contributed by atoms with Crippen molar-refractivity contribution in [2.45, 2.75) is 32.2 Å². The van der Waals surface area contributed by atoms with Gasteiger partial charge in [0, 0.05) is 25.2 Å². The predicted molar refractivity (Wildman–Crippen MR) is 92.5 cm³/mol. The van der Waals surface area contributed by atoms with E-state index in [0.717, 1.165) is 54.6 Å². The lowest BCUT2D eigenvalue weighted by atomic mass is 9.90. The van der Waals surface area contributed by atoms with E-state index in [0.29, 0.717) is 0 Å². The smallest absolute Gasteiger partial charge is 0.228 e. The first-order valence-electron chi connectivity index (χ1n) is 8.09. The van der Waals surface area contributed by atoms with Gasteiger partial charge in [0.1, 0.15) is 5.52 Å². The summed E-state index contributed by atoms with van der Waals surface area (Å²) in [7, 11) is 3.70. The normalized spacial score (nSPS) is 17.6. The van der Waals surface area contributed by atoms with Gasteiger partial charge in [0.2, 0.25) is 6.41 Å². The van der Waals surface area contributed by atoms with Crippen LogP contribution in [0.25, 0.3) is 10.9 Å². The Hall–Kier alpha value is -1.92. The van der Waals surface area contributed by atoms with Crippen molar-refractivity contribution in [1.82, 2.24) is 20.1 Å². The number of carbonyl (C=O) groups is 1. The third-order valence-corrected chi connectivity index (χ3v) is 4.89. The lowest BCUT2D eigenvalue weighted by Crippen LogP contribution is -2.43. The van der Waals surface area contributed by atoms with Crippen LogP contribution in [-0.2, 0) is 10.3 Å². The van der Waals surface area contributed by atoms with Gasteiger partial charge >= 0.3 is 0 Å². The number of benzene rings is 1. The van der Waals surface area contributed by atoms with Gasteiger partial charge in [0.05, 0.1) is 11.2 Å². The third kappa shape index (κ3) is 2.62. The minimum absolute atomic E-state index is 0.0236. The zero-order valence-electron chi connectivity index (χ0n) is 14.3. The molecule has 124 valence electrons. The summed E-state index contributed by atoms with van der Waals surface area (Å²) in [5, 5.41) is 12.8. The minimum Gasteiger partial charge on any atom is -0.317 e. The number of aryl methyl sites for hydroxylation is 1. The highest BCUT2D eigenvalue weighted by Gasteiger charge is 2.32. The molecule has 1 aromatic heterocycles. The van der Waals surface area contributed by atoms with Gasteiger partial charge in [-0.05, 0) is 45.8 Å². The van der Waals surface area contributed by atoms with Crippen LogP contribution >= 0.6 is 0 Å². The van der Waals surface area contributed by atoms with E-state index in [1.54, 1.807) is 10.0 Å². The number of hydrogen-bond acceptors (Lipinski definition) is 4. The van der Waals surface area contributed by atoms with Crippen LogP contribution in [0.5, 0.6) is 0 Å².